The first-order chi connectivity index (χ1) is 11.5. The summed E-state index contributed by atoms with van der Waals surface area (Å²) in [5.74, 6) is 0.267. The van der Waals surface area contributed by atoms with Crippen LogP contribution < -0.4 is 16.0 Å². The van der Waals surface area contributed by atoms with Gasteiger partial charge < -0.3 is 5.32 Å². The van der Waals surface area contributed by atoms with Gasteiger partial charge in [-0.2, -0.15) is 0 Å². The van der Waals surface area contributed by atoms with Crippen molar-refractivity contribution in [2.75, 3.05) is 18.4 Å². The lowest BCUT2D eigenvalue weighted by Crippen LogP contribution is -2.60. The minimum atomic E-state index is -0.587. The van der Waals surface area contributed by atoms with Gasteiger partial charge in [0.25, 0.3) is 11.8 Å². The van der Waals surface area contributed by atoms with Crippen LogP contribution in [0.1, 0.15) is 31.2 Å². The fourth-order valence-corrected chi connectivity index (χ4v) is 3.15. The Balaban J connectivity index is 1.71. The normalized spacial score (nSPS) is 21.1. The number of carbonyl (C=O) groups is 2. The molecule has 2 aliphatic heterocycles. The van der Waals surface area contributed by atoms with E-state index in [1.54, 1.807) is 12.1 Å². The SMILES string of the molecule is Cc1ccc(NC(=O)[C@H]2CC(=O)NC(=[N+]3CCCCC3)N2)cc1Cl. The van der Waals surface area contributed by atoms with E-state index in [9.17, 15) is 9.59 Å². The van der Waals surface area contributed by atoms with E-state index in [0.29, 0.717) is 16.7 Å². The highest BCUT2D eigenvalue weighted by molar-refractivity contribution is 6.31. The second-order valence-electron chi connectivity index (χ2n) is 6.30. The second-order valence-corrected chi connectivity index (χ2v) is 6.71. The molecule has 0 spiro atoms. The molecule has 3 rings (SSSR count). The fraction of sp³-hybridized carbons (Fsp3) is 0.471. The number of nitrogens with zero attached hydrogens (tertiary/aromatic N) is 1. The molecule has 24 heavy (non-hydrogen) atoms. The fourth-order valence-electron chi connectivity index (χ4n) is 2.97. The zero-order valence-electron chi connectivity index (χ0n) is 13.7. The summed E-state index contributed by atoms with van der Waals surface area (Å²) in [6.07, 6.45) is 3.51. The molecule has 2 fully saturated rings. The lowest BCUT2D eigenvalue weighted by Gasteiger charge is -2.24. The zero-order chi connectivity index (χ0) is 17.1. The van der Waals surface area contributed by atoms with Crippen LogP contribution in [0, 0.1) is 6.92 Å². The van der Waals surface area contributed by atoms with Crippen molar-refractivity contribution in [1.29, 1.82) is 0 Å². The van der Waals surface area contributed by atoms with Crippen LogP contribution in [0.15, 0.2) is 18.2 Å². The van der Waals surface area contributed by atoms with Gasteiger partial charge in [0, 0.05) is 10.7 Å². The molecule has 3 N–H and O–H groups in total. The molecule has 1 aromatic carbocycles. The van der Waals surface area contributed by atoms with Crippen LogP contribution in [-0.2, 0) is 9.59 Å². The third-order valence-corrected chi connectivity index (χ3v) is 4.79. The molecule has 0 radical (unpaired) electrons. The molecule has 0 bridgehead atoms. The summed E-state index contributed by atoms with van der Waals surface area (Å²) in [7, 11) is 0. The first-order valence-corrected chi connectivity index (χ1v) is 8.66. The van der Waals surface area contributed by atoms with E-state index < -0.39 is 6.04 Å². The number of nitrogens with one attached hydrogen (secondary N) is 3. The molecule has 1 aromatic rings. The first-order valence-electron chi connectivity index (χ1n) is 8.28. The summed E-state index contributed by atoms with van der Waals surface area (Å²) in [4.78, 5) is 24.5. The van der Waals surface area contributed by atoms with Crippen LogP contribution in [0.5, 0.6) is 0 Å². The van der Waals surface area contributed by atoms with Crippen molar-refractivity contribution in [3.63, 3.8) is 0 Å². The van der Waals surface area contributed by atoms with E-state index in [0.717, 1.165) is 31.5 Å². The number of rotatable bonds is 2. The van der Waals surface area contributed by atoms with Crippen molar-refractivity contribution < 1.29 is 14.2 Å². The maximum atomic E-state index is 12.5. The highest BCUT2D eigenvalue weighted by atomic mass is 35.5. The molecule has 6 nitrogen and oxygen atoms in total. The highest BCUT2D eigenvalue weighted by Crippen LogP contribution is 2.20. The smallest absolute Gasteiger partial charge is 0.323 e. The summed E-state index contributed by atoms with van der Waals surface area (Å²) in [6, 6.07) is 4.78. The van der Waals surface area contributed by atoms with Crippen molar-refractivity contribution in [1.82, 2.24) is 10.6 Å². The molecule has 128 valence electrons. The molecule has 0 aromatic heterocycles. The third kappa shape index (κ3) is 3.87. The number of carbonyl (C=O) groups excluding carboxylic acids is 2. The van der Waals surface area contributed by atoms with Crippen LogP contribution in [0.4, 0.5) is 5.69 Å². The molecule has 2 aliphatic rings. The van der Waals surface area contributed by atoms with Gasteiger partial charge in [0.1, 0.15) is 0 Å². The maximum absolute atomic E-state index is 12.5. The van der Waals surface area contributed by atoms with E-state index in [1.807, 2.05) is 13.0 Å². The van der Waals surface area contributed by atoms with Crippen LogP contribution in [0.25, 0.3) is 0 Å². The average Bonchev–Trinajstić information content (AvgIpc) is 2.58. The van der Waals surface area contributed by atoms with Crippen LogP contribution in [0.2, 0.25) is 5.02 Å². The lowest BCUT2D eigenvalue weighted by atomic mass is 10.1. The Morgan fingerprint density at radius 2 is 2.04 bits per heavy atom. The van der Waals surface area contributed by atoms with E-state index >= 15 is 0 Å². The molecule has 7 heteroatoms. The van der Waals surface area contributed by atoms with Gasteiger partial charge in [0.15, 0.2) is 6.04 Å². The van der Waals surface area contributed by atoms with Gasteiger partial charge in [-0.3, -0.25) is 19.5 Å². The van der Waals surface area contributed by atoms with Gasteiger partial charge in [-0.25, -0.2) is 5.32 Å². The summed E-state index contributed by atoms with van der Waals surface area (Å²) in [5.41, 5.74) is 1.58. The van der Waals surface area contributed by atoms with Gasteiger partial charge in [-0.15, -0.1) is 0 Å². The Labute approximate surface area is 146 Å². The predicted molar refractivity (Wildman–Crippen MR) is 93.4 cm³/mol. The first kappa shape index (κ1) is 16.8. The Kier molecular flexibility index (Phi) is 5.04. The molecule has 1 atom stereocenters. The zero-order valence-corrected chi connectivity index (χ0v) is 14.4. The van der Waals surface area contributed by atoms with E-state index in [-0.39, 0.29) is 18.2 Å². The molecule has 0 aliphatic carbocycles. The molecule has 2 amide bonds. The van der Waals surface area contributed by atoms with Crippen LogP contribution >= 0.6 is 11.6 Å². The molecule has 0 unspecified atom stereocenters. The Bertz CT molecular complexity index is 694. The van der Waals surface area contributed by atoms with E-state index in [1.165, 1.54) is 6.42 Å². The predicted octanol–water partition coefficient (Wildman–Crippen LogP) is 1.62. The Morgan fingerprint density at radius 1 is 1.29 bits per heavy atom. The average molecular weight is 350 g/mol. The Morgan fingerprint density at radius 3 is 2.75 bits per heavy atom. The summed E-state index contributed by atoms with van der Waals surface area (Å²) in [6.45, 7) is 3.69. The number of hydrogen-bond acceptors (Lipinski definition) is 2. The molecule has 2 saturated heterocycles. The molecular formula is C17H22ClN4O2+. The molecular weight excluding hydrogens is 328 g/mol. The van der Waals surface area contributed by atoms with Crippen molar-refractivity contribution in [2.45, 2.75) is 38.6 Å². The number of halogens is 1. The molecule has 2 heterocycles. The topological polar surface area (TPSA) is 73.2 Å². The number of amides is 2. The minimum absolute atomic E-state index is 0.114. The number of hydrogen-bond donors (Lipinski definition) is 3. The second kappa shape index (κ2) is 7.21. The summed E-state index contributed by atoms with van der Waals surface area (Å²) >= 11 is 6.09. The monoisotopic (exact) mass is 349 g/mol. The van der Waals surface area contributed by atoms with Crippen molar-refractivity contribution in [2.24, 2.45) is 0 Å². The summed E-state index contributed by atoms with van der Waals surface area (Å²) < 4.78 is 2.10. The van der Waals surface area contributed by atoms with Crippen molar-refractivity contribution in [3.05, 3.63) is 28.8 Å². The number of aryl methyl sites for hydroxylation is 1. The standard InChI is InChI=1S/C17H21ClN4O2/c1-11-5-6-12(9-13(11)18)19-16(24)14-10-15(23)21-17(20-14)22-7-3-2-4-8-22/h5-6,9,14H,2-4,7-8,10H2,1H3,(H2,19,20,21,23,24)/p+1/t14-/m1/s1. The van der Waals surface area contributed by atoms with Gasteiger partial charge >= 0.3 is 5.96 Å². The lowest BCUT2D eigenvalue weighted by molar-refractivity contribution is -0.541. The quantitative estimate of drug-likeness (QED) is 0.710. The summed E-state index contributed by atoms with van der Waals surface area (Å²) in [5, 5.41) is 9.43. The number of guanidine groups is 1. The maximum Gasteiger partial charge on any atom is 0.353 e. The van der Waals surface area contributed by atoms with Crippen LogP contribution in [-0.4, -0.2) is 41.5 Å². The molecule has 0 saturated carbocycles. The van der Waals surface area contributed by atoms with Gasteiger partial charge in [0.05, 0.1) is 19.5 Å². The number of anilines is 1. The third-order valence-electron chi connectivity index (χ3n) is 4.39. The van der Waals surface area contributed by atoms with E-state index in [4.69, 9.17) is 11.6 Å². The number of piperidine rings is 1. The van der Waals surface area contributed by atoms with E-state index in [2.05, 4.69) is 20.5 Å². The Hall–Kier alpha value is -2.08. The van der Waals surface area contributed by atoms with Gasteiger partial charge in [0.2, 0.25) is 0 Å². The van der Waals surface area contributed by atoms with Crippen molar-refractivity contribution in [3.8, 4) is 0 Å². The largest absolute Gasteiger partial charge is 0.353 e. The highest BCUT2D eigenvalue weighted by Gasteiger charge is 2.35. The van der Waals surface area contributed by atoms with Crippen molar-refractivity contribution >= 4 is 35.1 Å². The minimum Gasteiger partial charge on any atom is -0.323 e. The van der Waals surface area contributed by atoms with Gasteiger partial charge in [-0.05, 0) is 43.9 Å². The van der Waals surface area contributed by atoms with Crippen LogP contribution in [0.3, 0.4) is 0 Å². The van der Waals surface area contributed by atoms with Gasteiger partial charge in [-0.1, -0.05) is 17.7 Å². The number of benzene rings is 1.